The highest BCUT2D eigenvalue weighted by Gasteiger charge is 2.32. The van der Waals surface area contributed by atoms with E-state index >= 15 is 0 Å². The van der Waals surface area contributed by atoms with Gasteiger partial charge in [-0.3, -0.25) is 4.79 Å². The fourth-order valence-corrected chi connectivity index (χ4v) is 4.09. The minimum Gasteiger partial charge on any atom is -0.378 e. The molecule has 0 aliphatic carbocycles. The van der Waals surface area contributed by atoms with Crippen LogP contribution in [0.4, 0.5) is 10.1 Å². The van der Waals surface area contributed by atoms with Crippen LogP contribution in [-0.2, 0) is 5.54 Å². The second-order valence-electron chi connectivity index (χ2n) is 6.87. The van der Waals surface area contributed by atoms with Gasteiger partial charge in [0.15, 0.2) is 5.17 Å². The van der Waals surface area contributed by atoms with Crippen LogP contribution in [-0.4, -0.2) is 26.0 Å². The van der Waals surface area contributed by atoms with Crippen molar-refractivity contribution in [1.29, 1.82) is 5.26 Å². The van der Waals surface area contributed by atoms with E-state index in [-0.39, 0.29) is 16.4 Å². The first-order valence-corrected chi connectivity index (χ1v) is 9.92. The van der Waals surface area contributed by atoms with Crippen molar-refractivity contribution in [2.24, 2.45) is 10.7 Å². The van der Waals surface area contributed by atoms with E-state index in [4.69, 9.17) is 11.0 Å². The SMILES string of the molecule is C[C@@]1(c2cc(NC(=O)c3ccc(C#N)cn3)ccc2F)C=C(c2cnc[nH]2)SC(N)=N1. The van der Waals surface area contributed by atoms with Crippen LogP contribution in [0.2, 0.25) is 0 Å². The lowest BCUT2D eigenvalue weighted by molar-refractivity contribution is 0.102. The summed E-state index contributed by atoms with van der Waals surface area (Å²) in [6, 6.07) is 9.12. The number of anilines is 1. The number of aliphatic imine (C=N–C) groups is 1. The number of rotatable bonds is 4. The Morgan fingerprint density at radius 2 is 2.16 bits per heavy atom. The maximum Gasteiger partial charge on any atom is 0.274 e. The van der Waals surface area contributed by atoms with E-state index in [1.165, 1.54) is 48.3 Å². The van der Waals surface area contributed by atoms with E-state index in [0.717, 1.165) is 10.6 Å². The average molecular weight is 433 g/mol. The van der Waals surface area contributed by atoms with Crippen molar-refractivity contribution in [1.82, 2.24) is 15.0 Å². The van der Waals surface area contributed by atoms with Crippen LogP contribution in [0.5, 0.6) is 0 Å². The van der Waals surface area contributed by atoms with Crippen molar-refractivity contribution in [3.8, 4) is 6.07 Å². The smallest absolute Gasteiger partial charge is 0.274 e. The molecular weight excluding hydrogens is 417 g/mol. The molecule has 10 heteroatoms. The summed E-state index contributed by atoms with van der Waals surface area (Å²) in [7, 11) is 0. The number of carbonyl (C=O) groups is 1. The van der Waals surface area contributed by atoms with Crippen molar-refractivity contribution < 1.29 is 9.18 Å². The van der Waals surface area contributed by atoms with Gasteiger partial charge in [-0.25, -0.2) is 19.4 Å². The highest BCUT2D eigenvalue weighted by Crippen LogP contribution is 2.41. The van der Waals surface area contributed by atoms with E-state index in [1.807, 2.05) is 6.07 Å². The van der Waals surface area contributed by atoms with Crippen LogP contribution >= 0.6 is 11.8 Å². The molecule has 154 valence electrons. The molecule has 8 nitrogen and oxygen atoms in total. The minimum atomic E-state index is -1.09. The first-order valence-electron chi connectivity index (χ1n) is 9.10. The molecule has 4 rings (SSSR count). The standard InChI is InChI=1S/C21H16FN7OS/c1-21(7-18(31-20(24)29-21)17-10-25-11-27-17)14-6-13(3-4-15(14)22)28-19(30)16-5-2-12(8-23)9-26-16/h2-7,9-11H,1H3,(H2,24,29)(H,25,27)(H,28,30)/t21-/m0/s1. The summed E-state index contributed by atoms with van der Waals surface area (Å²) in [6.45, 7) is 1.74. The molecule has 0 radical (unpaired) electrons. The van der Waals surface area contributed by atoms with E-state index in [1.54, 1.807) is 25.5 Å². The van der Waals surface area contributed by atoms with Gasteiger partial charge in [0.25, 0.3) is 5.91 Å². The van der Waals surface area contributed by atoms with Gasteiger partial charge in [0.05, 0.1) is 23.8 Å². The van der Waals surface area contributed by atoms with Crippen LogP contribution in [0.1, 0.15) is 34.2 Å². The topological polar surface area (TPSA) is 133 Å². The molecule has 0 unspecified atom stereocenters. The number of amides is 1. The highest BCUT2D eigenvalue weighted by atomic mass is 32.2. The zero-order valence-electron chi connectivity index (χ0n) is 16.3. The highest BCUT2D eigenvalue weighted by molar-refractivity contribution is 8.21. The number of nitriles is 1. The summed E-state index contributed by atoms with van der Waals surface area (Å²) < 4.78 is 14.8. The van der Waals surface area contributed by atoms with Gasteiger partial charge in [-0.1, -0.05) is 11.8 Å². The molecule has 0 bridgehead atoms. The van der Waals surface area contributed by atoms with Crippen LogP contribution in [0.15, 0.2) is 60.1 Å². The number of nitrogens with one attached hydrogen (secondary N) is 2. The fourth-order valence-electron chi connectivity index (χ4n) is 3.12. The van der Waals surface area contributed by atoms with Gasteiger partial charge in [-0.2, -0.15) is 5.26 Å². The number of amidine groups is 1. The largest absolute Gasteiger partial charge is 0.378 e. The maximum absolute atomic E-state index is 14.8. The molecule has 31 heavy (non-hydrogen) atoms. The number of aromatic nitrogens is 3. The number of halogens is 1. The van der Waals surface area contributed by atoms with Gasteiger partial charge in [0.2, 0.25) is 0 Å². The molecular formula is C21H16FN7OS. The van der Waals surface area contributed by atoms with Gasteiger partial charge < -0.3 is 16.0 Å². The molecule has 0 saturated carbocycles. The quantitative estimate of drug-likeness (QED) is 0.578. The van der Waals surface area contributed by atoms with Crippen molar-refractivity contribution in [2.45, 2.75) is 12.5 Å². The van der Waals surface area contributed by atoms with E-state index < -0.39 is 17.3 Å². The second kappa shape index (κ2) is 8.04. The predicted molar refractivity (Wildman–Crippen MR) is 116 cm³/mol. The van der Waals surface area contributed by atoms with Crippen molar-refractivity contribution >= 4 is 33.4 Å². The third-order valence-electron chi connectivity index (χ3n) is 4.63. The number of H-pyrrole nitrogens is 1. The van der Waals surface area contributed by atoms with E-state index in [0.29, 0.717) is 11.3 Å². The van der Waals surface area contributed by atoms with Crippen molar-refractivity contribution in [3.63, 3.8) is 0 Å². The van der Waals surface area contributed by atoms with Crippen LogP contribution in [0, 0.1) is 17.1 Å². The predicted octanol–water partition coefficient (Wildman–Crippen LogP) is 3.39. The molecule has 2 aromatic heterocycles. The Bertz CT molecular complexity index is 1250. The summed E-state index contributed by atoms with van der Waals surface area (Å²) in [5, 5.41) is 11.8. The summed E-state index contributed by atoms with van der Waals surface area (Å²) in [5.74, 6) is -0.969. The first-order chi connectivity index (χ1) is 14.9. The number of aromatic amines is 1. The second-order valence-corrected chi connectivity index (χ2v) is 7.93. The third kappa shape index (κ3) is 4.17. The third-order valence-corrected chi connectivity index (χ3v) is 5.49. The summed E-state index contributed by atoms with van der Waals surface area (Å²) >= 11 is 1.26. The average Bonchev–Trinajstić information content (AvgIpc) is 3.29. The Hall–Kier alpha value is -3.97. The Labute approximate surface area is 181 Å². The number of carbonyl (C=O) groups excluding carboxylic acids is 1. The van der Waals surface area contributed by atoms with Gasteiger partial charge in [0, 0.05) is 22.4 Å². The van der Waals surface area contributed by atoms with E-state index in [9.17, 15) is 9.18 Å². The van der Waals surface area contributed by atoms with Crippen LogP contribution in [0.3, 0.4) is 0 Å². The van der Waals surface area contributed by atoms with Gasteiger partial charge >= 0.3 is 0 Å². The molecule has 1 aliphatic heterocycles. The maximum atomic E-state index is 14.8. The molecule has 1 aromatic carbocycles. The summed E-state index contributed by atoms with van der Waals surface area (Å²) in [4.78, 5) is 28.7. The lowest BCUT2D eigenvalue weighted by Gasteiger charge is -2.28. The molecule has 1 aliphatic rings. The lowest BCUT2D eigenvalue weighted by atomic mass is 9.90. The Morgan fingerprint density at radius 1 is 1.32 bits per heavy atom. The number of thioether (sulfide) groups is 1. The van der Waals surface area contributed by atoms with Gasteiger partial charge in [-0.05, 0) is 43.3 Å². The molecule has 0 spiro atoms. The van der Waals surface area contributed by atoms with Crippen molar-refractivity contribution in [3.05, 3.63) is 83.5 Å². The van der Waals surface area contributed by atoms with E-state index in [2.05, 4.69) is 25.3 Å². The number of nitrogens with zero attached hydrogens (tertiary/aromatic N) is 4. The van der Waals surface area contributed by atoms with Gasteiger partial charge in [0.1, 0.15) is 23.1 Å². The molecule has 0 saturated heterocycles. The first kappa shape index (κ1) is 20.3. The molecule has 3 heterocycles. The Kier molecular flexibility index (Phi) is 5.27. The summed E-state index contributed by atoms with van der Waals surface area (Å²) in [5.41, 5.74) is 6.78. The number of hydrogen-bond acceptors (Lipinski definition) is 7. The summed E-state index contributed by atoms with van der Waals surface area (Å²) in [6.07, 6.45) is 6.30. The van der Waals surface area contributed by atoms with Crippen molar-refractivity contribution in [2.75, 3.05) is 5.32 Å². The lowest BCUT2D eigenvalue weighted by Crippen LogP contribution is -2.26. The number of imidazole rings is 1. The number of pyridine rings is 1. The monoisotopic (exact) mass is 433 g/mol. The number of nitrogens with two attached hydrogens (primary N) is 1. The fraction of sp³-hybridized carbons (Fsp3) is 0.0952. The number of benzene rings is 1. The minimum absolute atomic E-state index is 0.133. The van der Waals surface area contributed by atoms with Crippen LogP contribution in [0.25, 0.3) is 4.91 Å². The molecule has 1 atom stereocenters. The zero-order valence-corrected chi connectivity index (χ0v) is 17.1. The normalized spacial score (nSPS) is 18.0. The Morgan fingerprint density at radius 3 is 2.84 bits per heavy atom. The number of hydrogen-bond donors (Lipinski definition) is 3. The Balaban J connectivity index is 1.66. The van der Waals surface area contributed by atoms with Gasteiger partial charge in [-0.15, -0.1) is 0 Å². The zero-order chi connectivity index (χ0) is 22.0. The molecule has 4 N–H and O–H groups in total. The molecule has 0 fully saturated rings. The molecule has 3 aromatic rings. The van der Waals surface area contributed by atoms with Crippen LogP contribution < -0.4 is 11.1 Å². The molecule has 1 amide bonds.